The zero-order valence-corrected chi connectivity index (χ0v) is 13.0. The Morgan fingerprint density at radius 1 is 1.40 bits per heavy atom. The molecule has 3 nitrogen and oxygen atoms in total. The van der Waals surface area contributed by atoms with Gasteiger partial charge in [-0.05, 0) is 59.3 Å². The zero-order valence-electron chi connectivity index (χ0n) is 13.0. The predicted molar refractivity (Wildman–Crippen MR) is 84.1 cm³/mol. The second kappa shape index (κ2) is 7.09. The molecule has 2 atom stereocenters. The number of nitrogens with one attached hydrogen (secondary N) is 1. The number of hydrogen-bond acceptors (Lipinski definition) is 3. The van der Waals surface area contributed by atoms with Crippen LogP contribution in [0.2, 0.25) is 0 Å². The van der Waals surface area contributed by atoms with Crippen LogP contribution in [0, 0.1) is 6.92 Å². The molecule has 1 aliphatic rings. The second-order valence-electron chi connectivity index (χ2n) is 6.02. The number of hydrogen-bond donors (Lipinski definition) is 2. The Labute approximate surface area is 123 Å². The van der Waals surface area contributed by atoms with Crippen molar-refractivity contribution in [3.63, 3.8) is 0 Å². The summed E-state index contributed by atoms with van der Waals surface area (Å²) >= 11 is 0. The van der Waals surface area contributed by atoms with Gasteiger partial charge in [0.25, 0.3) is 0 Å². The van der Waals surface area contributed by atoms with Gasteiger partial charge in [0, 0.05) is 17.6 Å². The molecule has 2 rings (SSSR count). The summed E-state index contributed by atoms with van der Waals surface area (Å²) in [6.45, 7) is 6.52. The molecule has 1 aromatic rings. The van der Waals surface area contributed by atoms with Crippen LogP contribution in [0.15, 0.2) is 18.2 Å². The van der Waals surface area contributed by atoms with Crippen LogP contribution in [0.4, 0.5) is 0 Å². The van der Waals surface area contributed by atoms with E-state index in [2.05, 4.69) is 30.1 Å². The second-order valence-corrected chi connectivity index (χ2v) is 6.02. The Morgan fingerprint density at radius 3 is 2.95 bits per heavy atom. The third-order valence-corrected chi connectivity index (χ3v) is 4.53. The Balaban J connectivity index is 2.16. The number of nitrogens with zero attached hydrogens (tertiary/aromatic N) is 1. The molecule has 1 aliphatic heterocycles. The highest BCUT2D eigenvalue weighted by atomic mass is 16.3. The summed E-state index contributed by atoms with van der Waals surface area (Å²) < 4.78 is 0. The van der Waals surface area contributed by atoms with Crippen molar-refractivity contribution < 1.29 is 5.11 Å². The first-order valence-electron chi connectivity index (χ1n) is 7.83. The number of likely N-dealkylation sites (tertiary alicyclic amines) is 1. The quantitative estimate of drug-likeness (QED) is 0.866. The number of piperidine rings is 1. The topological polar surface area (TPSA) is 35.5 Å². The Morgan fingerprint density at radius 2 is 2.20 bits per heavy atom. The van der Waals surface area contributed by atoms with Crippen LogP contribution in [0.5, 0.6) is 5.75 Å². The summed E-state index contributed by atoms with van der Waals surface area (Å²) in [6.07, 6.45) is 5.07. The third kappa shape index (κ3) is 3.53. The van der Waals surface area contributed by atoms with Crippen LogP contribution in [0.3, 0.4) is 0 Å². The first-order chi connectivity index (χ1) is 9.63. The lowest BCUT2D eigenvalue weighted by molar-refractivity contribution is 0.0958. The number of rotatable bonds is 5. The fourth-order valence-corrected chi connectivity index (χ4v) is 3.34. The van der Waals surface area contributed by atoms with Crippen molar-refractivity contribution in [1.29, 1.82) is 0 Å². The highest BCUT2D eigenvalue weighted by molar-refractivity contribution is 5.37. The maximum absolute atomic E-state index is 10.2. The van der Waals surface area contributed by atoms with Crippen molar-refractivity contribution in [3.05, 3.63) is 29.3 Å². The summed E-state index contributed by atoms with van der Waals surface area (Å²) in [5, 5.41) is 13.4. The Kier molecular flexibility index (Phi) is 5.44. The molecule has 0 amide bonds. The summed E-state index contributed by atoms with van der Waals surface area (Å²) in [7, 11) is 2.02. The molecule has 2 unspecified atom stereocenters. The van der Waals surface area contributed by atoms with Gasteiger partial charge in [0.15, 0.2) is 0 Å². The van der Waals surface area contributed by atoms with Crippen molar-refractivity contribution in [2.24, 2.45) is 0 Å². The highest BCUT2D eigenvalue weighted by Gasteiger charge is 2.28. The molecule has 0 aliphatic carbocycles. The molecular weight excluding hydrogens is 248 g/mol. The van der Waals surface area contributed by atoms with Gasteiger partial charge in [-0.3, -0.25) is 4.90 Å². The van der Waals surface area contributed by atoms with E-state index in [-0.39, 0.29) is 6.04 Å². The van der Waals surface area contributed by atoms with E-state index in [1.807, 2.05) is 19.2 Å². The van der Waals surface area contributed by atoms with Gasteiger partial charge in [-0.15, -0.1) is 0 Å². The number of phenolic OH excluding ortho intramolecular Hbond substituents is 1. The van der Waals surface area contributed by atoms with Crippen molar-refractivity contribution in [1.82, 2.24) is 10.2 Å². The van der Waals surface area contributed by atoms with Crippen molar-refractivity contribution in [3.8, 4) is 5.75 Å². The SMILES string of the molecule is CNCCC1CCCCN1C(C)c1cc(C)ccc1O. The molecule has 0 aromatic heterocycles. The van der Waals surface area contributed by atoms with Crippen LogP contribution in [-0.4, -0.2) is 36.2 Å². The van der Waals surface area contributed by atoms with E-state index in [9.17, 15) is 5.11 Å². The predicted octanol–water partition coefficient (Wildman–Crippen LogP) is 3.23. The van der Waals surface area contributed by atoms with Gasteiger partial charge in [-0.1, -0.05) is 24.1 Å². The average molecular weight is 276 g/mol. The van der Waals surface area contributed by atoms with E-state index in [0.717, 1.165) is 18.7 Å². The smallest absolute Gasteiger partial charge is 0.120 e. The van der Waals surface area contributed by atoms with Crippen molar-refractivity contribution in [2.75, 3.05) is 20.1 Å². The maximum Gasteiger partial charge on any atom is 0.120 e. The van der Waals surface area contributed by atoms with E-state index in [0.29, 0.717) is 11.8 Å². The van der Waals surface area contributed by atoms with Gasteiger partial charge in [0.2, 0.25) is 0 Å². The number of benzene rings is 1. The highest BCUT2D eigenvalue weighted by Crippen LogP contribution is 2.34. The minimum atomic E-state index is 0.289. The summed E-state index contributed by atoms with van der Waals surface area (Å²) in [5.74, 6) is 0.432. The molecule has 1 fully saturated rings. The fraction of sp³-hybridized carbons (Fsp3) is 0.647. The molecule has 0 saturated carbocycles. The van der Waals surface area contributed by atoms with Gasteiger partial charge in [-0.2, -0.15) is 0 Å². The molecule has 1 saturated heterocycles. The normalized spacial score (nSPS) is 21.9. The van der Waals surface area contributed by atoms with Gasteiger partial charge in [0.1, 0.15) is 5.75 Å². The van der Waals surface area contributed by atoms with Crippen LogP contribution in [-0.2, 0) is 0 Å². The lowest BCUT2D eigenvalue weighted by Crippen LogP contribution is -2.42. The van der Waals surface area contributed by atoms with Crippen molar-refractivity contribution >= 4 is 0 Å². The van der Waals surface area contributed by atoms with E-state index in [4.69, 9.17) is 0 Å². The molecule has 2 N–H and O–H groups in total. The molecule has 112 valence electrons. The Hall–Kier alpha value is -1.06. The number of aromatic hydroxyl groups is 1. The van der Waals surface area contributed by atoms with Gasteiger partial charge in [-0.25, -0.2) is 0 Å². The minimum absolute atomic E-state index is 0.289. The lowest BCUT2D eigenvalue weighted by Gasteiger charge is -2.40. The largest absolute Gasteiger partial charge is 0.508 e. The standard InChI is InChI=1S/C17H28N2O/c1-13-7-8-17(20)16(12-13)14(2)19-11-5-4-6-15(19)9-10-18-3/h7-8,12,14-15,18,20H,4-6,9-11H2,1-3H3. The van der Waals surface area contributed by atoms with Gasteiger partial charge >= 0.3 is 0 Å². The zero-order chi connectivity index (χ0) is 14.5. The van der Waals surface area contributed by atoms with E-state index in [1.165, 1.54) is 31.2 Å². The van der Waals surface area contributed by atoms with Crippen LogP contribution < -0.4 is 5.32 Å². The average Bonchev–Trinajstić information content (AvgIpc) is 2.47. The third-order valence-electron chi connectivity index (χ3n) is 4.53. The van der Waals surface area contributed by atoms with Crippen molar-refractivity contribution in [2.45, 2.75) is 51.6 Å². The molecule has 0 radical (unpaired) electrons. The molecule has 1 heterocycles. The maximum atomic E-state index is 10.2. The molecular formula is C17H28N2O. The first kappa shape index (κ1) is 15.3. The van der Waals surface area contributed by atoms with E-state index >= 15 is 0 Å². The van der Waals surface area contributed by atoms with Crippen LogP contribution in [0.1, 0.15) is 49.8 Å². The summed E-state index contributed by atoms with van der Waals surface area (Å²) in [4.78, 5) is 2.58. The minimum Gasteiger partial charge on any atom is -0.508 e. The first-order valence-corrected chi connectivity index (χ1v) is 7.83. The molecule has 3 heteroatoms. The monoisotopic (exact) mass is 276 g/mol. The molecule has 20 heavy (non-hydrogen) atoms. The van der Waals surface area contributed by atoms with Crippen LogP contribution >= 0.6 is 0 Å². The number of phenols is 1. The fourth-order valence-electron chi connectivity index (χ4n) is 3.34. The molecule has 1 aromatic carbocycles. The molecule has 0 bridgehead atoms. The molecule has 0 spiro atoms. The van der Waals surface area contributed by atoms with E-state index < -0.39 is 0 Å². The summed E-state index contributed by atoms with van der Waals surface area (Å²) in [5.41, 5.74) is 2.29. The lowest BCUT2D eigenvalue weighted by atomic mass is 9.94. The van der Waals surface area contributed by atoms with Gasteiger partial charge in [0.05, 0.1) is 0 Å². The summed E-state index contributed by atoms with van der Waals surface area (Å²) in [6, 6.07) is 6.85. The van der Waals surface area contributed by atoms with Crippen LogP contribution in [0.25, 0.3) is 0 Å². The number of aryl methyl sites for hydroxylation is 1. The van der Waals surface area contributed by atoms with E-state index in [1.54, 1.807) is 0 Å². The Bertz CT molecular complexity index is 433. The van der Waals surface area contributed by atoms with Gasteiger partial charge < -0.3 is 10.4 Å².